The number of carbonyl (C=O) groups is 3. The zero-order chi connectivity index (χ0) is 20.4. The number of ether oxygens (including phenoxy) is 1. The van der Waals surface area contributed by atoms with Gasteiger partial charge in [-0.2, -0.15) is 5.10 Å². The Bertz CT molecular complexity index is 536. The van der Waals surface area contributed by atoms with Crippen molar-refractivity contribution in [2.75, 3.05) is 6.54 Å². The van der Waals surface area contributed by atoms with Gasteiger partial charge in [0.05, 0.1) is 12.0 Å². The quantitative estimate of drug-likeness (QED) is 0.396. The van der Waals surface area contributed by atoms with Crippen molar-refractivity contribution >= 4 is 24.3 Å². The molecular formula is C18H32N4O5. The molecule has 4 N–H and O–H groups in total. The summed E-state index contributed by atoms with van der Waals surface area (Å²) in [6.07, 6.45) is 4.38. The number of hydrogen-bond donors (Lipinski definition) is 4. The van der Waals surface area contributed by atoms with Crippen LogP contribution in [-0.2, 0) is 9.53 Å². The summed E-state index contributed by atoms with van der Waals surface area (Å²) in [7, 11) is 0. The SMILES string of the molecule is CC[C@@H](/C=N/NC(=O)NC[C@H]1CC[C@H](C(=O)O)CC1)NC(=O)OC(C)(C)C. The van der Waals surface area contributed by atoms with E-state index in [2.05, 4.69) is 21.2 Å². The van der Waals surface area contributed by atoms with Crippen LogP contribution in [0.3, 0.4) is 0 Å². The molecule has 27 heavy (non-hydrogen) atoms. The van der Waals surface area contributed by atoms with Crippen molar-refractivity contribution in [3.63, 3.8) is 0 Å². The van der Waals surface area contributed by atoms with Crippen LogP contribution in [0.1, 0.15) is 59.8 Å². The minimum atomic E-state index is -0.737. The van der Waals surface area contributed by atoms with E-state index in [4.69, 9.17) is 9.84 Å². The third-order valence-corrected chi connectivity index (χ3v) is 4.31. The van der Waals surface area contributed by atoms with Crippen molar-refractivity contribution in [1.29, 1.82) is 0 Å². The first kappa shape index (κ1) is 22.7. The Morgan fingerprint density at radius 3 is 2.37 bits per heavy atom. The average Bonchev–Trinajstić information content (AvgIpc) is 2.57. The van der Waals surface area contributed by atoms with Crippen LogP contribution in [0.15, 0.2) is 5.10 Å². The lowest BCUT2D eigenvalue weighted by Crippen LogP contribution is -2.41. The molecule has 0 radical (unpaired) electrons. The molecule has 0 aromatic heterocycles. The minimum Gasteiger partial charge on any atom is -0.481 e. The van der Waals surface area contributed by atoms with Crippen molar-refractivity contribution in [2.24, 2.45) is 16.9 Å². The molecule has 1 aliphatic carbocycles. The molecule has 0 unspecified atom stereocenters. The van der Waals surface area contributed by atoms with Crippen LogP contribution in [0.25, 0.3) is 0 Å². The highest BCUT2D eigenvalue weighted by Gasteiger charge is 2.26. The highest BCUT2D eigenvalue weighted by Crippen LogP contribution is 2.28. The lowest BCUT2D eigenvalue weighted by Gasteiger charge is -2.26. The highest BCUT2D eigenvalue weighted by molar-refractivity contribution is 5.78. The van der Waals surface area contributed by atoms with Crippen LogP contribution < -0.4 is 16.1 Å². The van der Waals surface area contributed by atoms with E-state index in [1.54, 1.807) is 20.8 Å². The zero-order valence-corrected chi connectivity index (χ0v) is 16.6. The number of aliphatic carboxylic acids is 1. The van der Waals surface area contributed by atoms with E-state index in [1.165, 1.54) is 6.21 Å². The Morgan fingerprint density at radius 2 is 1.85 bits per heavy atom. The normalized spacial score (nSPS) is 21.3. The van der Waals surface area contributed by atoms with Crippen molar-refractivity contribution in [3.05, 3.63) is 0 Å². The van der Waals surface area contributed by atoms with Gasteiger partial charge in [0.25, 0.3) is 0 Å². The van der Waals surface area contributed by atoms with Gasteiger partial charge in [0.1, 0.15) is 5.60 Å². The van der Waals surface area contributed by atoms with Crippen LogP contribution in [-0.4, -0.2) is 47.6 Å². The lowest BCUT2D eigenvalue weighted by atomic mass is 9.82. The molecule has 0 heterocycles. The fraction of sp³-hybridized carbons (Fsp3) is 0.778. The maximum atomic E-state index is 11.8. The smallest absolute Gasteiger partial charge is 0.408 e. The fourth-order valence-corrected chi connectivity index (χ4v) is 2.78. The summed E-state index contributed by atoms with van der Waals surface area (Å²) in [4.78, 5) is 34.5. The van der Waals surface area contributed by atoms with Crippen LogP contribution in [0.5, 0.6) is 0 Å². The first-order valence-electron chi connectivity index (χ1n) is 9.40. The van der Waals surface area contributed by atoms with E-state index in [0.717, 1.165) is 12.8 Å². The number of carboxylic acid groups (broad SMARTS) is 1. The molecule has 1 atom stereocenters. The topological polar surface area (TPSA) is 129 Å². The molecule has 0 spiro atoms. The van der Waals surface area contributed by atoms with Gasteiger partial charge >= 0.3 is 18.1 Å². The van der Waals surface area contributed by atoms with Gasteiger partial charge in [-0.25, -0.2) is 15.0 Å². The van der Waals surface area contributed by atoms with E-state index < -0.39 is 23.7 Å². The second kappa shape index (κ2) is 10.7. The molecule has 1 aliphatic rings. The maximum Gasteiger partial charge on any atom is 0.408 e. The van der Waals surface area contributed by atoms with Gasteiger partial charge in [-0.1, -0.05) is 6.92 Å². The number of hydrazone groups is 1. The number of urea groups is 1. The molecule has 1 fully saturated rings. The maximum absolute atomic E-state index is 11.8. The zero-order valence-electron chi connectivity index (χ0n) is 16.6. The number of hydrogen-bond acceptors (Lipinski definition) is 5. The van der Waals surface area contributed by atoms with Crippen molar-refractivity contribution in [3.8, 4) is 0 Å². The highest BCUT2D eigenvalue weighted by atomic mass is 16.6. The van der Waals surface area contributed by atoms with E-state index in [0.29, 0.717) is 25.8 Å². The summed E-state index contributed by atoms with van der Waals surface area (Å²) in [5, 5.41) is 18.2. The largest absolute Gasteiger partial charge is 0.481 e. The Kier molecular flexibility index (Phi) is 9.04. The molecule has 1 rings (SSSR count). The van der Waals surface area contributed by atoms with Gasteiger partial charge < -0.3 is 20.5 Å². The molecule has 154 valence electrons. The number of alkyl carbamates (subject to hydrolysis) is 1. The molecule has 0 bridgehead atoms. The standard InChI is InChI=1S/C18H32N4O5/c1-5-14(21-17(26)27-18(2,3)4)11-20-22-16(25)19-10-12-6-8-13(9-7-12)15(23)24/h11-14H,5-10H2,1-4H3,(H,21,26)(H,23,24)(H2,19,22,25)/b20-11+/t12-,13-,14-/m0/s1. The Labute approximate surface area is 160 Å². The number of nitrogens with zero attached hydrogens (tertiary/aromatic N) is 1. The predicted octanol–water partition coefficient (Wildman–Crippen LogP) is 2.47. The van der Waals surface area contributed by atoms with E-state index >= 15 is 0 Å². The molecule has 0 aromatic rings. The Morgan fingerprint density at radius 1 is 1.22 bits per heavy atom. The first-order valence-corrected chi connectivity index (χ1v) is 9.40. The second-order valence-corrected chi connectivity index (χ2v) is 7.82. The number of carboxylic acids is 1. The monoisotopic (exact) mass is 384 g/mol. The first-order chi connectivity index (χ1) is 12.6. The van der Waals surface area contributed by atoms with Crippen LogP contribution in [0.4, 0.5) is 9.59 Å². The third-order valence-electron chi connectivity index (χ3n) is 4.31. The van der Waals surface area contributed by atoms with Gasteiger partial charge in [-0.3, -0.25) is 4.79 Å². The fourth-order valence-electron chi connectivity index (χ4n) is 2.78. The number of nitrogens with one attached hydrogen (secondary N) is 3. The molecule has 0 saturated heterocycles. The summed E-state index contributed by atoms with van der Waals surface area (Å²) in [6.45, 7) is 7.70. The van der Waals surface area contributed by atoms with Gasteiger partial charge in [-0.05, 0) is 58.8 Å². The Hall–Kier alpha value is -2.32. The summed E-state index contributed by atoms with van der Waals surface area (Å²) in [6, 6.07) is -0.787. The van der Waals surface area contributed by atoms with Gasteiger partial charge in [0, 0.05) is 12.8 Å². The summed E-state index contributed by atoms with van der Waals surface area (Å²) >= 11 is 0. The van der Waals surface area contributed by atoms with Crippen LogP contribution in [0, 0.1) is 11.8 Å². The molecular weight excluding hydrogens is 352 g/mol. The third kappa shape index (κ3) is 9.81. The van der Waals surface area contributed by atoms with Gasteiger partial charge in [0.15, 0.2) is 0 Å². The minimum absolute atomic E-state index is 0.261. The van der Waals surface area contributed by atoms with Crippen molar-refractivity contribution < 1.29 is 24.2 Å². The summed E-state index contributed by atoms with van der Waals surface area (Å²) < 4.78 is 5.18. The summed E-state index contributed by atoms with van der Waals surface area (Å²) in [5.74, 6) is -0.713. The lowest BCUT2D eigenvalue weighted by molar-refractivity contribution is -0.143. The van der Waals surface area contributed by atoms with Gasteiger partial charge in [0.2, 0.25) is 0 Å². The number of carbonyl (C=O) groups excluding carboxylic acids is 2. The molecule has 1 saturated carbocycles. The van der Waals surface area contributed by atoms with E-state index in [1.807, 2.05) is 6.92 Å². The molecule has 3 amide bonds. The summed E-state index contributed by atoms with van der Waals surface area (Å²) in [5.41, 5.74) is 1.79. The van der Waals surface area contributed by atoms with E-state index in [-0.39, 0.29) is 17.9 Å². The Balaban J connectivity index is 2.27. The van der Waals surface area contributed by atoms with Crippen LogP contribution >= 0.6 is 0 Å². The molecule has 0 aromatic carbocycles. The van der Waals surface area contributed by atoms with Crippen LogP contribution in [0.2, 0.25) is 0 Å². The molecule has 0 aliphatic heterocycles. The molecule has 9 heteroatoms. The average molecular weight is 384 g/mol. The molecule has 9 nitrogen and oxygen atoms in total. The van der Waals surface area contributed by atoms with Crippen molar-refractivity contribution in [2.45, 2.75) is 71.4 Å². The number of rotatable bonds is 7. The predicted molar refractivity (Wildman–Crippen MR) is 102 cm³/mol. The van der Waals surface area contributed by atoms with E-state index in [9.17, 15) is 14.4 Å². The second-order valence-electron chi connectivity index (χ2n) is 7.82. The van der Waals surface area contributed by atoms with Gasteiger partial charge in [-0.15, -0.1) is 0 Å². The number of amides is 3. The van der Waals surface area contributed by atoms with Crippen molar-refractivity contribution in [1.82, 2.24) is 16.1 Å².